The first-order valence-corrected chi connectivity index (χ1v) is 10.00. The van der Waals surface area contributed by atoms with Gasteiger partial charge in [-0.15, -0.1) is 0 Å². The zero-order valence-electron chi connectivity index (χ0n) is 15.5. The Morgan fingerprint density at radius 2 is 1.83 bits per heavy atom. The van der Waals surface area contributed by atoms with Gasteiger partial charge in [0.05, 0.1) is 17.0 Å². The van der Waals surface area contributed by atoms with E-state index in [1.165, 1.54) is 0 Å². The van der Waals surface area contributed by atoms with Crippen molar-refractivity contribution >= 4 is 40.1 Å². The van der Waals surface area contributed by atoms with Crippen LogP contribution in [0.25, 0.3) is 11.0 Å². The van der Waals surface area contributed by atoms with Gasteiger partial charge in [-0.05, 0) is 47.5 Å². The molecule has 148 valence electrons. The highest BCUT2D eigenvalue weighted by molar-refractivity contribution is 6.31. The second kappa shape index (κ2) is 7.27. The number of pyridine rings is 1. The molecule has 4 aromatic rings. The maximum absolute atomic E-state index is 13.4. The van der Waals surface area contributed by atoms with Crippen LogP contribution in [0.5, 0.6) is 0 Å². The first kappa shape index (κ1) is 18.9. The van der Waals surface area contributed by atoms with E-state index in [0.717, 1.165) is 11.1 Å². The highest BCUT2D eigenvalue weighted by Gasteiger charge is 2.42. The van der Waals surface area contributed by atoms with E-state index in [1.54, 1.807) is 59.8 Å². The van der Waals surface area contributed by atoms with Crippen LogP contribution in [0.2, 0.25) is 10.0 Å². The van der Waals surface area contributed by atoms with Gasteiger partial charge in [0, 0.05) is 29.0 Å². The molecule has 1 atom stereocenters. The van der Waals surface area contributed by atoms with Crippen molar-refractivity contribution in [2.75, 3.05) is 0 Å². The number of carbonyl (C=O) groups excluding carboxylic acids is 1. The number of aromatic nitrogens is 1. The molecule has 0 fully saturated rings. The van der Waals surface area contributed by atoms with Crippen molar-refractivity contribution in [2.24, 2.45) is 0 Å². The number of carbonyl (C=O) groups is 1. The number of rotatable bonds is 3. The molecule has 5 nitrogen and oxygen atoms in total. The second-order valence-corrected chi connectivity index (χ2v) is 7.94. The Balaban J connectivity index is 1.75. The number of amides is 1. The quantitative estimate of drug-likeness (QED) is 0.440. The normalized spacial score (nSPS) is 15.6. The number of halogens is 2. The highest BCUT2D eigenvalue weighted by atomic mass is 35.5. The summed E-state index contributed by atoms with van der Waals surface area (Å²) >= 11 is 12.3. The fraction of sp³-hybridized carbons (Fsp3) is 0.0870. The lowest BCUT2D eigenvalue weighted by Crippen LogP contribution is -2.29. The molecule has 2 aromatic heterocycles. The summed E-state index contributed by atoms with van der Waals surface area (Å²) in [7, 11) is 0. The Bertz CT molecular complexity index is 1350. The van der Waals surface area contributed by atoms with Crippen LogP contribution in [0.4, 0.5) is 0 Å². The number of hydrogen-bond acceptors (Lipinski definition) is 4. The van der Waals surface area contributed by atoms with Crippen LogP contribution >= 0.6 is 23.2 Å². The maximum atomic E-state index is 13.4. The Kier molecular flexibility index (Phi) is 4.57. The summed E-state index contributed by atoms with van der Waals surface area (Å²) < 4.78 is 5.90. The van der Waals surface area contributed by atoms with Crippen molar-refractivity contribution in [3.05, 3.63) is 110 Å². The molecule has 0 spiro atoms. The van der Waals surface area contributed by atoms with Gasteiger partial charge in [-0.3, -0.25) is 14.6 Å². The fourth-order valence-corrected chi connectivity index (χ4v) is 4.24. The average Bonchev–Trinajstić information content (AvgIpc) is 3.02. The van der Waals surface area contributed by atoms with E-state index >= 15 is 0 Å². The van der Waals surface area contributed by atoms with E-state index in [0.29, 0.717) is 26.6 Å². The zero-order chi connectivity index (χ0) is 20.8. The summed E-state index contributed by atoms with van der Waals surface area (Å²) in [4.78, 5) is 32.5. The van der Waals surface area contributed by atoms with E-state index in [2.05, 4.69) is 4.98 Å². The van der Waals surface area contributed by atoms with E-state index in [9.17, 15) is 9.59 Å². The Labute approximate surface area is 181 Å². The third-order valence-electron chi connectivity index (χ3n) is 5.17. The van der Waals surface area contributed by atoms with E-state index < -0.39 is 6.04 Å². The first-order valence-electron chi connectivity index (χ1n) is 9.24. The Hall–Kier alpha value is -3.15. The van der Waals surface area contributed by atoms with Crippen LogP contribution in [-0.4, -0.2) is 15.8 Å². The van der Waals surface area contributed by atoms with Crippen molar-refractivity contribution < 1.29 is 9.21 Å². The minimum Gasteiger partial charge on any atom is -0.450 e. The van der Waals surface area contributed by atoms with Gasteiger partial charge in [0.1, 0.15) is 5.58 Å². The van der Waals surface area contributed by atoms with E-state index in [1.807, 2.05) is 12.1 Å². The van der Waals surface area contributed by atoms with E-state index in [-0.39, 0.29) is 23.6 Å². The van der Waals surface area contributed by atoms with Gasteiger partial charge in [-0.25, -0.2) is 0 Å². The van der Waals surface area contributed by atoms with Crippen LogP contribution in [0, 0.1) is 0 Å². The third-order valence-corrected chi connectivity index (χ3v) is 5.64. The molecular weight excluding hydrogens is 423 g/mol. The first-order chi connectivity index (χ1) is 14.5. The summed E-state index contributed by atoms with van der Waals surface area (Å²) in [6.45, 7) is 0.268. The zero-order valence-corrected chi connectivity index (χ0v) is 17.0. The molecule has 30 heavy (non-hydrogen) atoms. The summed E-state index contributed by atoms with van der Waals surface area (Å²) in [6, 6.07) is 15.0. The molecule has 2 aromatic carbocycles. The topological polar surface area (TPSA) is 63.4 Å². The van der Waals surface area contributed by atoms with Crippen LogP contribution in [0.15, 0.2) is 76.2 Å². The molecule has 0 saturated carbocycles. The lowest BCUT2D eigenvalue weighted by atomic mass is 9.98. The van der Waals surface area contributed by atoms with Gasteiger partial charge in [-0.1, -0.05) is 41.4 Å². The number of benzene rings is 2. The lowest BCUT2D eigenvalue weighted by molar-refractivity contribution is 0.0714. The van der Waals surface area contributed by atoms with Gasteiger partial charge in [0.15, 0.2) is 5.43 Å². The lowest BCUT2D eigenvalue weighted by Gasteiger charge is -2.25. The molecule has 1 aliphatic rings. The Morgan fingerprint density at radius 1 is 1.00 bits per heavy atom. The summed E-state index contributed by atoms with van der Waals surface area (Å²) in [6.07, 6.45) is 3.36. The molecule has 0 N–H and O–H groups in total. The Morgan fingerprint density at radius 3 is 2.60 bits per heavy atom. The van der Waals surface area contributed by atoms with Crippen molar-refractivity contribution in [3.8, 4) is 0 Å². The third kappa shape index (κ3) is 3.07. The number of nitrogens with zero attached hydrogens (tertiary/aromatic N) is 2. The van der Waals surface area contributed by atoms with Crippen LogP contribution < -0.4 is 5.43 Å². The molecule has 0 saturated heterocycles. The summed E-state index contributed by atoms with van der Waals surface area (Å²) in [5.41, 5.74) is 1.91. The maximum Gasteiger partial charge on any atom is 0.291 e. The van der Waals surface area contributed by atoms with Crippen LogP contribution in [0.1, 0.15) is 33.3 Å². The fourth-order valence-electron chi connectivity index (χ4n) is 3.87. The summed E-state index contributed by atoms with van der Waals surface area (Å²) in [5.74, 6) is -0.309. The SMILES string of the molecule is O=C1c2oc3ccc(Cl)cc3c(=O)c2[C@@H](c2cccc(Cl)c2)N1Cc1cccnc1. The standard InChI is InChI=1S/C23H14Cl2N2O3/c24-15-5-1-4-14(9-15)20-19-21(28)17-10-16(25)6-7-18(17)30-22(19)23(29)27(20)12-13-3-2-8-26-11-13/h1-11,20H,12H2/t20-/m1/s1. The van der Waals surface area contributed by atoms with Gasteiger partial charge < -0.3 is 9.32 Å². The summed E-state index contributed by atoms with van der Waals surface area (Å²) in [5, 5.41) is 1.28. The molecule has 1 aliphatic heterocycles. The molecule has 7 heteroatoms. The van der Waals surface area contributed by atoms with Crippen molar-refractivity contribution in [3.63, 3.8) is 0 Å². The van der Waals surface area contributed by atoms with Gasteiger partial charge >= 0.3 is 0 Å². The monoisotopic (exact) mass is 436 g/mol. The van der Waals surface area contributed by atoms with Gasteiger partial charge in [0.25, 0.3) is 5.91 Å². The van der Waals surface area contributed by atoms with E-state index in [4.69, 9.17) is 27.6 Å². The predicted molar refractivity (Wildman–Crippen MR) is 115 cm³/mol. The highest BCUT2D eigenvalue weighted by Crippen LogP contribution is 2.39. The minimum absolute atomic E-state index is 0.0451. The van der Waals surface area contributed by atoms with Crippen molar-refractivity contribution in [1.82, 2.24) is 9.88 Å². The molecule has 0 bridgehead atoms. The second-order valence-electron chi connectivity index (χ2n) is 7.07. The number of fused-ring (bicyclic) bond motifs is 2. The molecule has 3 heterocycles. The van der Waals surface area contributed by atoms with Crippen LogP contribution in [0.3, 0.4) is 0 Å². The minimum atomic E-state index is -0.633. The molecule has 0 unspecified atom stereocenters. The molecule has 0 radical (unpaired) electrons. The van der Waals surface area contributed by atoms with Crippen molar-refractivity contribution in [2.45, 2.75) is 12.6 Å². The van der Waals surface area contributed by atoms with Crippen molar-refractivity contribution in [1.29, 1.82) is 0 Å². The average molecular weight is 437 g/mol. The van der Waals surface area contributed by atoms with Gasteiger partial charge in [0.2, 0.25) is 5.76 Å². The molecular formula is C23H14Cl2N2O3. The predicted octanol–water partition coefficient (Wildman–Crippen LogP) is 5.24. The number of hydrogen-bond donors (Lipinski definition) is 0. The van der Waals surface area contributed by atoms with Gasteiger partial charge in [-0.2, -0.15) is 0 Å². The largest absolute Gasteiger partial charge is 0.450 e. The van der Waals surface area contributed by atoms with Crippen LogP contribution in [-0.2, 0) is 6.54 Å². The molecule has 1 amide bonds. The molecule has 5 rings (SSSR count). The smallest absolute Gasteiger partial charge is 0.291 e. The molecule has 0 aliphatic carbocycles.